The van der Waals surface area contributed by atoms with Crippen molar-refractivity contribution < 1.29 is 14.3 Å². The zero-order valence-corrected chi connectivity index (χ0v) is 16.9. The molecule has 28 heavy (non-hydrogen) atoms. The molecule has 0 saturated heterocycles. The van der Waals surface area contributed by atoms with Gasteiger partial charge in [0.15, 0.2) is 0 Å². The molecule has 2 rings (SSSR count). The Labute approximate surface area is 164 Å². The van der Waals surface area contributed by atoms with Crippen LogP contribution in [0.1, 0.15) is 46.6 Å². The van der Waals surface area contributed by atoms with E-state index in [9.17, 15) is 9.59 Å². The molecule has 1 aromatic heterocycles. The van der Waals surface area contributed by atoms with Crippen molar-refractivity contribution in [1.29, 1.82) is 0 Å². The SMILES string of the molecule is CC(C)C[C@H](NC(=O)OC(C)(C)C)C(=O)NN=Cc1ccc2nccnc2c1. The van der Waals surface area contributed by atoms with E-state index in [0.717, 1.165) is 16.6 Å². The average Bonchev–Trinajstić information content (AvgIpc) is 2.59. The lowest BCUT2D eigenvalue weighted by Crippen LogP contribution is -2.47. The molecule has 1 heterocycles. The molecule has 0 aliphatic rings. The van der Waals surface area contributed by atoms with E-state index in [4.69, 9.17) is 4.74 Å². The number of carbonyl (C=O) groups excluding carboxylic acids is 2. The number of aromatic nitrogens is 2. The highest BCUT2D eigenvalue weighted by molar-refractivity contribution is 5.89. The van der Waals surface area contributed by atoms with Gasteiger partial charge >= 0.3 is 6.09 Å². The number of hydrogen-bond donors (Lipinski definition) is 2. The lowest BCUT2D eigenvalue weighted by molar-refractivity contribution is -0.123. The number of ether oxygens (including phenoxy) is 1. The monoisotopic (exact) mass is 385 g/mol. The highest BCUT2D eigenvalue weighted by Gasteiger charge is 2.24. The average molecular weight is 385 g/mol. The van der Waals surface area contributed by atoms with Crippen molar-refractivity contribution in [2.24, 2.45) is 11.0 Å². The summed E-state index contributed by atoms with van der Waals surface area (Å²) in [4.78, 5) is 32.9. The van der Waals surface area contributed by atoms with Crippen LogP contribution in [-0.2, 0) is 9.53 Å². The Morgan fingerprint density at radius 2 is 1.86 bits per heavy atom. The van der Waals surface area contributed by atoms with E-state index in [2.05, 4.69) is 25.8 Å². The Hall–Kier alpha value is -3.03. The second kappa shape index (κ2) is 9.25. The minimum atomic E-state index is -0.741. The van der Waals surface area contributed by atoms with Gasteiger partial charge in [-0.25, -0.2) is 10.2 Å². The third kappa shape index (κ3) is 6.94. The summed E-state index contributed by atoms with van der Waals surface area (Å²) in [5.74, 6) is -0.204. The molecular weight excluding hydrogens is 358 g/mol. The van der Waals surface area contributed by atoms with E-state index in [1.165, 1.54) is 6.21 Å². The van der Waals surface area contributed by atoms with Gasteiger partial charge in [0.2, 0.25) is 0 Å². The lowest BCUT2D eigenvalue weighted by Gasteiger charge is -2.23. The van der Waals surface area contributed by atoms with Crippen LogP contribution in [0.5, 0.6) is 0 Å². The van der Waals surface area contributed by atoms with Crippen molar-refractivity contribution in [3.63, 3.8) is 0 Å². The van der Waals surface area contributed by atoms with Crippen molar-refractivity contribution in [2.45, 2.75) is 52.7 Å². The van der Waals surface area contributed by atoms with Crippen molar-refractivity contribution in [2.75, 3.05) is 0 Å². The summed E-state index contributed by atoms with van der Waals surface area (Å²) < 4.78 is 5.23. The summed E-state index contributed by atoms with van der Waals surface area (Å²) in [6.07, 6.45) is 4.59. The molecule has 0 radical (unpaired) electrons. The van der Waals surface area contributed by atoms with Crippen molar-refractivity contribution in [3.8, 4) is 0 Å². The normalized spacial score (nSPS) is 12.9. The number of amides is 2. The summed E-state index contributed by atoms with van der Waals surface area (Å²) in [5, 5.41) is 6.61. The predicted octanol–water partition coefficient (Wildman–Crippen LogP) is 3.02. The number of hydrazone groups is 1. The number of nitrogens with zero attached hydrogens (tertiary/aromatic N) is 3. The zero-order chi connectivity index (χ0) is 20.7. The minimum Gasteiger partial charge on any atom is -0.444 e. The molecule has 0 unspecified atom stereocenters. The molecule has 0 bridgehead atoms. The molecule has 2 amide bonds. The van der Waals surface area contributed by atoms with Gasteiger partial charge in [-0.1, -0.05) is 19.9 Å². The van der Waals surface area contributed by atoms with Crippen molar-refractivity contribution in [3.05, 3.63) is 36.2 Å². The zero-order valence-electron chi connectivity index (χ0n) is 16.9. The van der Waals surface area contributed by atoms with Gasteiger partial charge in [0.25, 0.3) is 5.91 Å². The summed E-state index contributed by atoms with van der Waals surface area (Å²) >= 11 is 0. The summed E-state index contributed by atoms with van der Waals surface area (Å²) in [6, 6.07) is 4.74. The topological polar surface area (TPSA) is 106 Å². The fourth-order valence-corrected chi connectivity index (χ4v) is 2.46. The highest BCUT2D eigenvalue weighted by Crippen LogP contribution is 2.10. The molecule has 150 valence electrons. The molecule has 0 aliphatic carbocycles. The van der Waals surface area contributed by atoms with Crippen molar-refractivity contribution >= 4 is 29.2 Å². The van der Waals surface area contributed by atoms with Gasteiger partial charge in [-0.2, -0.15) is 5.10 Å². The smallest absolute Gasteiger partial charge is 0.408 e. The Balaban J connectivity index is 2.00. The van der Waals surface area contributed by atoms with E-state index < -0.39 is 23.6 Å². The van der Waals surface area contributed by atoms with Gasteiger partial charge in [0.1, 0.15) is 11.6 Å². The van der Waals surface area contributed by atoms with Gasteiger partial charge in [0, 0.05) is 12.4 Å². The van der Waals surface area contributed by atoms with E-state index >= 15 is 0 Å². The fourth-order valence-electron chi connectivity index (χ4n) is 2.46. The fraction of sp³-hybridized carbons (Fsp3) is 0.450. The molecule has 0 spiro atoms. The molecular formula is C20H27N5O3. The third-order valence-corrected chi connectivity index (χ3v) is 3.60. The molecule has 2 N–H and O–H groups in total. The first kappa shape index (κ1) is 21.3. The molecule has 0 saturated carbocycles. The standard InChI is InChI=1S/C20H27N5O3/c1-13(2)10-17(24-19(27)28-20(3,4)5)18(26)25-23-12-14-6-7-15-16(11-14)22-9-8-21-15/h6-9,11-13,17H,10H2,1-5H3,(H,24,27)(H,25,26)/t17-/m0/s1. The number of rotatable bonds is 6. The quantitative estimate of drug-likeness (QED) is 0.587. The second-order valence-electron chi connectivity index (χ2n) is 7.87. The Kier molecular flexibility index (Phi) is 7.03. The lowest BCUT2D eigenvalue weighted by atomic mass is 10.0. The molecule has 8 nitrogen and oxygen atoms in total. The first-order chi connectivity index (χ1) is 13.1. The van der Waals surface area contributed by atoms with Gasteiger partial charge < -0.3 is 10.1 Å². The second-order valence-corrected chi connectivity index (χ2v) is 7.87. The number of alkyl carbamates (subject to hydrolysis) is 1. The van der Waals surface area contributed by atoms with Gasteiger partial charge in [-0.3, -0.25) is 14.8 Å². The van der Waals surface area contributed by atoms with E-state index in [0.29, 0.717) is 6.42 Å². The van der Waals surface area contributed by atoms with Crippen LogP contribution in [0, 0.1) is 5.92 Å². The van der Waals surface area contributed by atoms with Crippen LogP contribution in [0.2, 0.25) is 0 Å². The van der Waals surface area contributed by atoms with Crippen LogP contribution in [0.25, 0.3) is 11.0 Å². The van der Waals surface area contributed by atoms with Gasteiger partial charge in [0.05, 0.1) is 17.2 Å². The minimum absolute atomic E-state index is 0.203. The molecule has 8 heteroatoms. The Morgan fingerprint density at radius 3 is 2.50 bits per heavy atom. The predicted molar refractivity (Wildman–Crippen MR) is 108 cm³/mol. The first-order valence-corrected chi connectivity index (χ1v) is 9.17. The molecule has 1 aromatic carbocycles. The molecule has 0 fully saturated rings. The van der Waals surface area contributed by atoms with Crippen LogP contribution in [0.4, 0.5) is 4.79 Å². The van der Waals surface area contributed by atoms with E-state index in [-0.39, 0.29) is 5.92 Å². The Morgan fingerprint density at radius 1 is 1.18 bits per heavy atom. The van der Waals surface area contributed by atoms with Gasteiger partial charge in [-0.15, -0.1) is 0 Å². The van der Waals surface area contributed by atoms with E-state index in [1.807, 2.05) is 32.0 Å². The number of benzene rings is 1. The first-order valence-electron chi connectivity index (χ1n) is 9.17. The van der Waals surface area contributed by atoms with Crippen molar-refractivity contribution in [1.82, 2.24) is 20.7 Å². The maximum absolute atomic E-state index is 12.5. The van der Waals surface area contributed by atoms with Gasteiger partial charge in [-0.05, 0) is 50.8 Å². The van der Waals surface area contributed by atoms with Crippen LogP contribution >= 0.6 is 0 Å². The van der Waals surface area contributed by atoms with E-state index in [1.54, 1.807) is 33.2 Å². The largest absolute Gasteiger partial charge is 0.444 e. The Bertz CT molecular complexity index is 858. The summed E-state index contributed by atoms with van der Waals surface area (Å²) in [5.41, 5.74) is 4.13. The molecule has 0 aliphatic heterocycles. The summed E-state index contributed by atoms with van der Waals surface area (Å²) in [6.45, 7) is 9.24. The van der Waals surface area contributed by atoms with Crippen LogP contribution < -0.4 is 10.7 Å². The molecule has 1 atom stereocenters. The summed E-state index contributed by atoms with van der Waals surface area (Å²) in [7, 11) is 0. The number of hydrogen-bond acceptors (Lipinski definition) is 6. The van der Waals surface area contributed by atoms with Crippen LogP contribution in [-0.4, -0.2) is 39.8 Å². The maximum Gasteiger partial charge on any atom is 0.408 e. The van der Waals surface area contributed by atoms with Crippen LogP contribution in [0.3, 0.4) is 0 Å². The number of nitrogens with one attached hydrogen (secondary N) is 2. The molecule has 2 aromatic rings. The maximum atomic E-state index is 12.5. The third-order valence-electron chi connectivity index (χ3n) is 3.60. The highest BCUT2D eigenvalue weighted by atomic mass is 16.6. The van der Waals surface area contributed by atoms with Crippen LogP contribution in [0.15, 0.2) is 35.7 Å². The number of fused-ring (bicyclic) bond motifs is 1. The number of carbonyl (C=O) groups is 2.